The molecular formula is C19H26N2O. The highest BCUT2D eigenvalue weighted by Gasteiger charge is 2.27. The van der Waals surface area contributed by atoms with Crippen LogP contribution in [0.4, 0.5) is 0 Å². The van der Waals surface area contributed by atoms with Gasteiger partial charge < -0.3 is 9.88 Å². The average molecular weight is 298 g/mol. The minimum absolute atomic E-state index is 0.0890. The number of aromatic nitrogens is 1. The summed E-state index contributed by atoms with van der Waals surface area (Å²) in [6, 6.07) is 8.65. The predicted molar refractivity (Wildman–Crippen MR) is 91.3 cm³/mol. The van der Waals surface area contributed by atoms with Crippen LogP contribution in [0.5, 0.6) is 0 Å². The van der Waals surface area contributed by atoms with Crippen molar-refractivity contribution >= 4 is 16.8 Å². The number of fused-ring (bicyclic) bond motifs is 1. The summed E-state index contributed by atoms with van der Waals surface area (Å²) in [5, 5.41) is 1.22. The third kappa shape index (κ3) is 2.90. The maximum atomic E-state index is 12.7. The molecule has 1 fully saturated rings. The smallest absolute Gasteiger partial charge is 0.270 e. The first-order valence-electron chi connectivity index (χ1n) is 8.36. The molecule has 1 heterocycles. The lowest BCUT2D eigenvalue weighted by atomic mass is 10.0. The molecule has 3 nitrogen and oxygen atoms in total. The molecule has 1 aliphatic carbocycles. The summed E-state index contributed by atoms with van der Waals surface area (Å²) in [6.07, 6.45) is 3.58. The van der Waals surface area contributed by atoms with E-state index in [-0.39, 0.29) is 11.9 Å². The Morgan fingerprint density at radius 2 is 2.05 bits per heavy atom. The van der Waals surface area contributed by atoms with Gasteiger partial charge in [-0.3, -0.25) is 4.79 Å². The summed E-state index contributed by atoms with van der Waals surface area (Å²) in [4.78, 5) is 17.9. The van der Waals surface area contributed by atoms with Crippen molar-refractivity contribution in [2.45, 2.75) is 52.0 Å². The van der Waals surface area contributed by atoms with Crippen molar-refractivity contribution in [1.82, 2.24) is 9.88 Å². The minimum atomic E-state index is 0.0890. The zero-order chi connectivity index (χ0) is 15.9. The number of rotatable bonds is 5. The Morgan fingerprint density at radius 3 is 2.68 bits per heavy atom. The topological polar surface area (TPSA) is 36.1 Å². The second-order valence-electron chi connectivity index (χ2n) is 7.16. The standard InChI is InChI=1S/C19H26N2O/c1-12(2)10-13(3)21(4)19(22)18-11-16-15(14-8-9-14)6-5-7-17(16)20-18/h5-7,11-14,20H,8-10H2,1-4H3. The molecule has 3 heteroatoms. The highest BCUT2D eigenvalue weighted by atomic mass is 16.2. The van der Waals surface area contributed by atoms with Gasteiger partial charge in [0.05, 0.1) is 0 Å². The molecule has 22 heavy (non-hydrogen) atoms. The van der Waals surface area contributed by atoms with Crippen LogP contribution >= 0.6 is 0 Å². The number of nitrogens with one attached hydrogen (secondary N) is 1. The predicted octanol–water partition coefficient (Wildman–Crippen LogP) is 4.55. The molecule has 0 saturated heterocycles. The van der Waals surface area contributed by atoms with Gasteiger partial charge in [0.1, 0.15) is 5.69 Å². The van der Waals surface area contributed by atoms with E-state index in [1.165, 1.54) is 23.8 Å². The van der Waals surface area contributed by atoms with Crippen molar-refractivity contribution < 1.29 is 4.79 Å². The van der Waals surface area contributed by atoms with Crippen LogP contribution in [-0.2, 0) is 0 Å². The lowest BCUT2D eigenvalue weighted by Gasteiger charge is -2.25. The first-order chi connectivity index (χ1) is 10.5. The zero-order valence-corrected chi connectivity index (χ0v) is 14.0. The summed E-state index contributed by atoms with van der Waals surface area (Å²) >= 11 is 0. The van der Waals surface area contributed by atoms with Crippen molar-refractivity contribution in [1.29, 1.82) is 0 Å². The lowest BCUT2D eigenvalue weighted by molar-refractivity contribution is 0.0723. The van der Waals surface area contributed by atoms with Crippen molar-refractivity contribution in [3.8, 4) is 0 Å². The summed E-state index contributed by atoms with van der Waals surface area (Å²) in [5.74, 6) is 1.38. The molecule has 1 amide bonds. The Morgan fingerprint density at radius 1 is 1.32 bits per heavy atom. The molecule has 0 spiro atoms. The first-order valence-corrected chi connectivity index (χ1v) is 8.36. The quantitative estimate of drug-likeness (QED) is 0.863. The molecule has 0 aliphatic heterocycles. The second kappa shape index (κ2) is 5.79. The van der Waals surface area contributed by atoms with E-state index >= 15 is 0 Å². The van der Waals surface area contributed by atoms with Crippen LogP contribution in [0.3, 0.4) is 0 Å². The molecule has 1 atom stereocenters. The minimum Gasteiger partial charge on any atom is -0.351 e. The van der Waals surface area contributed by atoms with E-state index < -0.39 is 0 Å². The van der Waals surface area contributed by atoms with E-state index in [2.05, 4.69) is 44.0 Å². The van der Waals surface area contributed by atoms with Gasteiger partial charge in [0.15, 0.2) is 0 Å². The van der Waals surface area contributed by atoms with Gasteiger partial charge in [-0.1, -0.05) is 26.0 Å². The van der Waals surface area contributed by atoms with E-state index in [4.69, 9.17) is 0 Å². The number of amides is 1. The van der Waals surface area contributed by atoms with Gasteiger partial charge in [-0.15, -0.1) is 0 Å². The summed E-state index contributed by atoms with van der Waals surface area (Å²) in [6.45, 7) is 6.51. The van der Waals surface area contributed by atoms with Crippen LogP contribution in [0.1, 0.15) is 62.0 Å². The Hall–Kier alpha value is -1.77. The first kappa shape index (κ1) is 15.1. The Balaban J connectivity index is 1.86. The van der Waals surface area contributed by atoms with E-state index in [1.54, 1.807) is 0 Å². The van der Waals surface area contributed by atoms with E-state index in [0.29, 0.717) is 17.5 Å². The number of aromatic amines is 1. The molecule has 3 rings (SSSR count). The largest absolute Gasteiger partial charge is 0.351 e. The lowest BCUT2D eigenvalue weighted by Crippen LogP contribution is -2.36. The highest BCUT2D eigenvalue weighted by molar-refractivity contribution is 5.99. The Kier molecular flexibility index (Phi) is 3.98. The van der Waals surface area contributed by atoms with Gasteiger partial charge in [-0.25, -0.2) is 0 Å². The van der Waals surface area contributed by atoms with Crippen LogP contribution in [0.2, 0.25) is 0 Å². The maximum Gasteiger partial charge on any atom is 0.270 e. The average Bonchev–Trinajstić information content (AvgIpc) is 3.22. The molecule has 1 unspecified atom stereocenters. The van der Waals surface area contributed by atoms with Crippen molar-refractivity contribution in [2.75, 3.05) is 7.05 Å². The molecule has 1 aromatic carbocycles. The SMILES string of the molecule is CC(C)CC(C)N(C)C(=O)c1cc2c(C3CC3)cccc2[nH]1. The Labute approximate surface area is 132 Å². The number of nitrogens with zero attached hydrogens (tertiary/aromatic N) is 1. The van der Waals surface area contributed by atoms with Gasteiger partial charge in [-0.2, -0.15) is 0 Å². The van der Waals surface area contributed by atoms with Crippen LogP contribution < -0.4 is 0 Å². The number of carbonyl (C=O) groups is 1. The van der Waals surface area contributed by atoms with Gasteiger partial charge in [0, 0.05) is 24.0 Å². The highest BCUT2D eigenvalue weighted by Crippen LogP contribution is 2.43. The number of benzene rings is 1. The van der Waals surface area contributed by atoms with Gasteiger partial charge in [0.2, 0.25) is 0 Å². The van der Waals surface area contributed by atoms with E-state index in [0.717, 1.165) is 11.9 Å². The monoisotopic (exact) mass is 298 g/mol. The van der Waals surface area contributed by atoms with Crippen molar-refractivity contribution in [3.05, 3.63) is 35.5 Å². The molecule has 0 bridgehead atoms. The molecule has 1 N–H and O–H groups in total. The third-order valence-electron chi connectivity index (χ3n) is 4.74. The Bertz CT molecular complexity index is 682. The molecular weight excluding hydrogens is 272 g/mol. The fraction of sp³-hybridized carbons (Fsp3) is 0.526. The van der Waals surface area contributed by atoms with E-state index in [9.17, 15) is 4.79 Å². The number of carbonyl (C=O) groups excluding carboxylic acids is 1. The third-order valence-corrected chi connectivity index (χ3v) is 4.74. The molecule has 1 aromatic heterocycles. The van der Waals surface area contributed by atoms with Gasteiger partial charge in [0.25, 0.3) is 5.91 Å². The molecule has 0 radical (unpaired) electrons. The fourth-order valence-electron chi connectivity index (χ4n) is 3.27. The van der Waals surface area contributed by atoms with E-state index in [1.807, 2.05) is 18.0 Å². The molecule has 1 saturated carbocycles. The summed E-state index contributed by atoms with van der Waals surface area (Å²) < 4.78 is 0. The number of hydrogen-bond donors (Lipinski definition) is 1. The van der Waals surface area contributed by atoms with Crippen LogP contribution in [0.15, 0.2) is 24.3 Å². The zero-order valence-electron chi connectivity index (χ0n) is 14.0. The van der Waals surface area contributed by atoms with Gasteiger partial charge in [-0.05, 0) is 55.7 Å². The molecule has 118 valence electrons. The van der Waals surface area contributed by atoms with Crippen LogP contribution in [0.25, 0.3) is 10.9 Å². The summed E-state index contributed by atoms with van der Waals surface area (Å²) in [7, 11) is 1.91. The van der Waals surface area contributed by atoms with Crippen LogP contribution in [0, 0.1) is 5.92 Å². The molecule has 1 aliphatic rings. The van der Waals surface area contributed by atoms with Crippen molar-refractivity contribution in [2.24, 2.45) is 5.92 Å². The van der Waals surface area contributed by atoms with Gasteiger partial charge >= 0.3 is 0 Å². The van der Waals surface area contributed by atoms with Crippen LogP contribution in [-0.4, -0.2) is 28.9 Å². The van der Waals surface area contributed by atoms with Crippen molar-refractivity contribution in [3.63, 3.8) is 0 Å². The maximum absolute atomic E-state index is 12.7. The fourth-order valence-corrected chi connectivity index (χ4v) is 3.27. The molecule has 2 aromatic rings. The second-order valence-corrected chi connectivity index (χ2v) is 7.16. The normalized spacial score (nSPS) is 16.2. The summed E-state index contributed by atoms with van der Waals surface area (Å²) in [5.41, 5.74) is 3.18. The number of H-pyrrole nitrogens is 1. The number of hydrogen-bond acceptors (Lipinski definition) is 1.